The van der Waals surface area contributed by atoms with E-state index in [1.165, 1.54) is 0 Å². The minimum Gasteiger partial charge on any atom is -0.352 e. The molecule has 0 aromatic heterocycles. The molecule has 0 aromatic carbocycles. The fourth-order valence-corrected chi connectivity index (χ4v) is 2.97. The van der Waals surface area contributed by atoms with Crippen LogP contribution >= 0.6 is 0 Å². The van der Waals surface area contributed by atoms with E-state index < -0.39 is 0 Å². The Morgan fingerprint density at radius 3 is 2.68 bits per heavy atom. The summed E-state index contributed by atoms with van der Waals surface area (Å²) in [6.07, 6.45) is 2.19. The van der Waals surface area contributed by atoms with Gasteiger partial charge in [0, 0.05) is 44.8 Å². The molecule has 5 heteroatoms. The van der Waals surface area contributed by atoms with E-state index in [1.54, 1.807) is 0 Å². The molecule has 2 saturated heterocycles. The lowest BCUT2D eigenvalue weighted by Gasteiger charge is -2.35. The highest BCUT2D eigenvalue weighted by Gasteiger charge is 2.23. The molecule has 110 valence electrons. The van der Waals surface area contributed by atoms with Gasteiger partial charge in [0.05, 0.1) is 6.54 Å². The van der Waals surface area contributed by atoms with Crippen LogP contribution in [0, 0.1) is 0 Å². The SMILES string of the molecule is CCN1CCC(NC(=O)CN2CCNC[C@@H]2C)CC1. The second kappa shape index (κ2) is 7.22. The van der Waals surface area contributed by atoms with Crippen molar-refractivity contribution in [3.63, 3.8) is 0 Å². The van der Waals surface area contributed by atoms with Gasteiger partial charge in [-0.05, 0) is 26.3 Å². The predicted octanol–water partition coefficient (Wildman–Crippen LogP) is -0.119. The topological polar surface area (TPSA) is 47.6 Å². The third-order valence-corrected chi connectivity index (χ3v) is 4.39. The molecule has 0 radical (unpaired) electrons. The minimum atomic E-state index is 0.198. The highest BCUT2D eigenvalue weighted by molar-refractivity contribution is 5.78. The summed E-state index contributed by atoms with van der Waals surface area (Å²) < 4.78 is 0. The maximum absolute atomic E-state index is 12.1. The number of carbonyl (C=O) groups is 1. The number of carbonyl (C=O) groups excluding carboxylic acids is 1. The number of nitrogens with one attached hydrogen (secondary N) is 2. The summed E-state index contributed by atoms with van der Waals surface area (Å²) in [4.78, 5) is 16.8. The fourth-order valence-electron chi connectivity index (χ4n) is 2.97. The molecular weight excluding hydrogens is 240 g/mol. The van der Waals surface area contributed by atoms with Crippen molar-refractivity contribution in [1.29, 1.82) is 0 Å². The maximum Gasteiger partial charge on any atom is 0.234 e. The third-order valence-electron chi connectivity index (χ3n) is 4.39. The summed E-state index contributed by atoms with van der Waals surface area (Å²) >= 11 is 0. The van der Waals surface area contributed by atoms with Crippen LogP contribution in [0.5, 0.6) is 0 Å². The first kappa shape index (κ1) is 14.8. The Morgan fingerprint density at radius 1 is 1.32 bits per heavy atom. The molecular formula is C14H28N4O. The molecule has 0 saturated carbocycles. The summed E-state index contributed by atoms with van der Waals surface area (Å²) in [7, 11) is 0. The Bertz CT molecular complexity index is 289. The lowest BCUT2D eigenvalue weighted by molar-refractivity contribution is -0.124. The molecule has 2 fully saturated rings. The molecule has 2 aliphatic heterocycles. The first-order valence-corrected chi connectivity index (χ1v) is 7.65. The molecule has 0 aliphatic carbocycles. The number of likely N-dealkylation sites (tertiary alicyclic amines) is 1. The van der Waals surface area contributed by atoms with Crippen molar-refractivity contribution in [1.82, 2.24) is 20.4 Å². The number of piperidine rings is 1. The van der Waals surface area contributed by atoms with E-state index in [0.717, 1.165) is 52.1 Å². The summed E-state index contributed by atoms with van der Waals surface area (Å²) in [5.41, 5.74) is 0. The Labute approximate surface area is 116 Å². The lowest BCUT2D eigenvalue weighted by Crippen LogP contribution is -2.54. The normalized spacial score (nSPS) is 27.4. The second-order valence-electron chi connectivity index (χ2n) is 5.80. The highest BCUT2D eigenvalue weighted by atomic mass is 16.2. The number of nitrogens with zero attached hydrogens (tertiary/aromatic N) is 2. The first-order valence-electron chi connectivity index (χ1n) is 7.65. The van der Waals surface area contributed by atoms with Gasteiger partial charge < -0.3 is 15.5 Å². The molecule has 2 rings (SSSR count). The molecule has 2 aliphatic rings. The van der Waals surface area contributed by atoms with E-state index >= 15 is 0 Å². The zero-order valence-electron chi connectivity index (χ0n) is 12.3. The highest BCUT2D eigenvalue weighted by Crippen LogP contribution is 2.10. The van der Waals surface area contributed by atoms with Gasteiger partial charge >= 0.3 is 0 Å². The van der Waals surface area contributed by atoms with Crippen LogP contribution in [-0.4, -0.2) is 73.6 Å². The van der Waals surface area contributed by atoms with Crippen LogP contribution in [0.1, 0.15) is 26.7 Å². The summed E-state index contributed by atoms with van der Waals surface area (Å²) in [6.45, 7) is 11.2. The van der Waals surface area contributed by atoms with Crippen molar-refractivity contribution >= 4 is 5.91 Å². The summed E-state index contributed by atoms with van der Waals surface area (Å²) in [5.74, 6) is 0.198. The van der Waals surface area contributed by atoms with Crippen molar-refractivity contribution in [2.45, 2.75) is 38.8 Å². The maximum atomic E-state index is 12.1. The van der Waals surface area contributed by atoms with E-state index in [1.807, 2.05) is 0 Å². The van der Waals surface area contributed by atoms with E-state index in [2.05, 4.69) is 34.3 Å². The van der Waals surface area contributed by atoms with Gasteiger partial charge in [-0.3, -0.25) is 9.69 Å². The number of hydrogen-bond donors (Lipinski definition) is 2. The average molecular weight is 268 g/mol. The van der Waals surface area contributed by atoms with Gasteiger partial charge in [0.25, 0.3) is 0 Å². The molecule has 1 amide bonds. The van der Waals surface area contributed by atoms with Gasteiger partial charge in [0.2, 0.25) is 5.91 Å². The van der Waals surface area contributed by atoms with Crippen molar-refractivity contribution in [2.24, 2.45) is 0 Å². The number of piperazine rings is 1. The molecule has 19 heavy (non-hydrogen) atoms. The van der Waals surface area contributed by atoms with Crippen molar-refractivity contribution in [3.05, 3.63) is 0 Å². The zero-order chi connectivity index (χ0) is 13.7. The van der Waals surface area contributed by atoms with Gasteiger partial charge in [-0.1, -0.05) is 6.92 Å². The zero-order valence-corrected chi connectivity index (χ0v) is 12.3. The van der Waals surface area contributed by atoms with E-state index in [0.29, 0.717) is 18.6 Å². The van der Waals surface area contributed by atoms with Crippen molar-refractivity contribution in [3.8, 4) is 0 Å². The van der Waals surface area contributed by atoms with E-state index in [9.17, 15) is 4.79 Å². The molecule has 1 atom stereocenters. The second-order valence-corrected chi connectivity index (χ2v) is 5.80. The number of rotatable bonds is 4. The van der Waals surface area contributed by atoms with Crippen LogP contribution in [-0.2, 0) is 4.79 Å². The monoisotopic (exact) mass is 268 g/mol. The predicted molar refractivity (Wildman–Crippen MR) is 77.2 cm³/mol. The van der Waals surface area contributed by atoms with Crippen LogP contribution in [0.25, 0.3) is 0 Å². The molecule has 2 N–H and O–H groups in total. The third kappa shape index (κ3) is 4.44. The Hall–Kier alpha value is -0.650. The fraction of sp³-hybridized carbons (Fsp3) is 0.929. The van der Waals surface area contributed by atoms with Crippen LogP contribution < -0.4 is 10.6 Å². The van der Waals surface area contributed by atoms with Crippen LogP contribution in [0.4, 0.5) is 0 Å². The molecule has 0 unspecified atom stereocenters. The largest absolute Gasteiger partial charge is 0.352 e. The first-order chi connectivity index (χ1) is 9.19. The minimum absolute atomic E-state index is 0.198. The molecule has 0 aromatic rings. The Kier molecular flexibility index (Phi) is 5.60. The standard InChI is InChI=1S/C14H28N4O/c1-3-17-7-4-13(5-8-17)16-14(19)11-18-9-6-15-10-12(18)2/h12-13,15H,3-11H2,1-2H3,(H,16,19)/t12-/m0/s1. The lowest BCUT2D eigenvalue weighted by atomic mass is 10.1. The van der Waals surface area contributed by atoms with Crippen molar-refractivity contribution < 1.29 is 4.79 Å². The van der Waals surface area contributed by atoms with Gasteiger partial charge in [-0.2, -0.15) is 0 Å². The van der Waals surface area contributed by atoms with E-state index in [4.69, 9.17) is 0 Å². The molecule has 0 bridgehead atoms. The van der Waals surface area contributed by atoms with Crippen LogP contribution in [0.2, 0.25) is 0 Å². The quantitative estimate of drug-likeness (QED) is 0.746. The van der Waals surface area contributed by atoms with Crippen LogP contribution in [0.15, 0.2) is 0 Å². The van der Waals surface area contributed by atoms with Crippen molar-refractivity contribution in [2.75, 3.05) is 45.8 Å². The van der Waals surface area contributed by atoms with Gasteiger partial charge in [-0.15, -0.1) is 0 Å². The summed E-state index contributed by atoms with van der Waals surface area (Å²) in [5, 5.41) is 6.56. The Balaban J connectivity index is 1.69. The number of amides is 1. The molecule has 0 spiro atoms. The van der Waals surface area contributed by atoms with Gasteiger partial charge in [0.1, 0.15) is 0 Å². The summed E-state index contributed by atoms with van der Waals surface area (Å²) in [6, 6.07) is 0.843. The van der Waals surface area contributed by atoms with Crippen LogP contribution in [0.3, 0.4) is 0 Å². The average Bonchev–Trinajstić information content (AvgIpc) is 2.42. The molecule has 2 heterocycles. The smallest absolute Gasteiger partial charge is 0.234 e. The van der Waals surface area contributed by atoms with E-state index in [-0.39, 0.29) is 5.91 Å². The Morgan fingerprint density at radius 2 is 2.05 bits per heavy atom. The van der Waals surface area contributed by atoms with Gasteiger partial charge in [-0.25, -0.2) is 0 Å². The molecule has 5 nitrogen and oxygen atoms in total. The number of hydrogen-bond acceptors (Lipinski definition) is 4. The van der Waals surface area contributed by atoms with Gasteiger partial charge in [0.15, 0.2) is 0 Å².